The number of hydrogen-bond acceptors (Lipinski definition) is 5. The van der Waals surface area contributed by atoms with Crippen LogP contribution in [0.15, 0.2) is 48.9 Å². The number of carbonyl (C=O) groups is 1. The van der Waals surface area contributed by atoms with Crippen molar-refractivity contribution in [3.63, 3.8) is 0 Å². The Labute approximate surface area is 152 Å². The molecule has 4 rings (SSSR count). The summed E-state index contributed by atoms with van der Waals surface area (Å²) in [7, 11) is 3.38. The molecule has 1 aliphatic heterocycles. The number of hydrogen-bond donors (Lipinski definition) is 0. The van der Waals surface area contributed by atoms with E-state index in [4.69, 9.17) is 4.74 Å². The fourth-order valence-electron chi connectivity index (χ4n) is 3.82. The molecule has 0 bridgehead atoms. The molecule has 2 atom stereocenters. The van der Waals surface area contributed by atoms with Crippen molar-refractivity contribution in [1.82, 2.24) is 19.4 Å². The molecule has 134 valence electrons. The van der Waals surface area contributed by atoms with Crippen molar-refractivity contribution in [3.8, 4) is 0 Å². The van der Waals surface area contributed by atoms with Gasteiger partial charge in [0.05, 0.1) is 19.4 Å². The van der Waals surface area contributed by atoms with Crippen LogP contribution in [0.1, 0.15) is 17.0 Å². The van der Waals surface area contributed by atoms with Crippen molar-refractivity contribution in [2.75, 3.05) is 20.2 Å². The molecule has 3 aromatic rings. The molecule has 1 aliphatic rings. The third kappa shape index (κ3) is 3.08. The molecule has 0 saturated carbocycles. The third-order valence-corrected chi connectivity index (χ3v) is 5.15. The number of rotatable bonds is 4. The lowest BCUT2D eigenvalue weighted by Crippen LogP contribution is -2.24. The number of pyridine rings is 1. The highest BCUT2D eigenvalue weighted by molar-refractivity contribution is 5.76. The van der Waals surface area contributed by atoms with E-state index in [2.05, 4.69) is 33.1 Å². The minimum Gasteiger partial charge on any atom is -0.469 e. The Morgan fingerprint density at radius 1 is 1.23 bits per heavy atom. The smallest absolute Gasteiger partial charge is 0.310 e. The van der Waals surface area contributed by atoms with Crippen molar-refractivity contribution in [3.05, 3.63) is 60.0 Å². The second-order valence-corrected chi connectivity index (χ2v) is 6.88. The van der Waals surface area contributed by atoms with Gasteiger partial charge < -0.3 is 9.30 Å². The molecule has 0 aliphatic carbocycles. The van der Waals surface area contributed by atoms with Crippen LogP contribution in [0.2, 0.25) is 0 Å². The SMILES string of the molecule is COC(=O)[C@H]1CN(Cc2ccccc2)C[C@@H]1c1cnc2c(c1)ncn2C. The van der Waals surface area contributed by atoms with Gasteiger partial charge in [-0.2, -0.15) is 0 Å². The average molecular weight is 350 g/mol. The van der Waals surface area contributed by atoms with Crippen molar-refractivity contribution >= 4 is 17.1 Å². The van der Waals surface area contributed by atoms with E-state index in [9.17, 15) is 4.79 Å². The van der Waals surface area contributed by atoms with Gasteiger partial charge in [0, 0.05) is 38.8 Å². The number of esters is 1. The van der Waals surface area contributed by atoms with Gasteiger partial charge in [0.15, 0.2) is 5.65 Å². The number of imidazole rings is 1. The van der Waals surface area contributed by atoms with Gasteiger partial charge in [-0.25, -0.2) is 9.97 Å². The number of aromatic nitrogens is 3. The number of nitrogens with zero attached hydrogens (tertiary/aromatic N) is 4. The van der Waals surface area contributed by atoms with E-state index >= 15 is 0 Å². The summed E-state index contributed by atoms with van der Waals surface area (Å²) in [5.41, 5.74) is 4.00. The molecule has 26 heavy (non-hydrogen) atoms. The molecule has 3 heterocycles. The predicted molar refractivity (Wildman–Crippen MR) is 98.5 cm³/mol. The summed E-state index contributed by atoms with van der Waals surface area (Å²) in [6.07, 6.45) is 3.63. The summed E-state index contributed by atoms with van der Waals surface area (Å²) >= 11 is 0. The highest BCUT2D eigenvalue weighted by Crippen LogP contribution is 2.34. The molecular formula is C20H22N4O2. The Hall–Kier alpha value is -2.73. The normalized spacial score (nSPS) is 20.5. The van der Waals surface area contributed by atoms with Crippen molar-refractivity contribution in [1.29, 1.82) is 0 Å². The summed E-state index contributed by atoms with van der Waals surface area (Å²) in [6.45, 7) is 2.31. The molecule has 0 N–H and O–H groups in total. The number of benzene rings is 1. The summed E-state index contributed by atoms with van der Waals surface area (Å²) in [5, 5.41) is 0. The molecule has 1 fully saturated rings. The maximum atomic E-state index is 12.4. The largest absolute Gasteiger partial charge is 0.469 e. The minimum absolute atomic E-state index is 0.0602. The van der Waals surface area contributed by atoms with Gasteiger partial charge in [-0.15, -0.1) is 0 Å². The van der Waals surface area contributed by atoms with Crippen LogP contribution in [-0.4, -0.2) is 45.6 Å². The van der Waals surface area contributed by atoms with E-state index < -0.39 is 0 Å². The molecule has 0 amide bonds. The van der Waals surface area contributed by atoms with E-state index in [1.165, 1.54) is 12.7 Å². The molecule has 1 saturated heterocycles. The Bertz CT molecular complexity index is 922. The number of fused-ring (bicyclic) bond motifs is 1. The Morgan fingerprint density at radius 2 is 2.04 bits per heavy atom. The summed E-state index contributed by atoms with van der Waals surface area (Å²) in [5.74, 6) is -0.288. The van der Waals surface area contributed by atoms with Crippen LogP contribution in [-0.2, 0) is 23.1 Å². The molecule has 6 heteroatoms. The van der Waals surface area contributed by atoms with E-state index in [0.717, 1.165) is 29.8 Å². The molecule has 0 unspecified atom stereocenters. The summed E-state index contributed by atoms with van der Waals surface area (Å²) < 4.78 is 6.97. The first-order valence-electron chi connectivity index (χ1n) is 8.77. The van der Waals surface area contributed by atoms with E-state index in [-0.39, 0.29) is 17.8 Å². The summed E-state index contributed by atoms with van der Waals surface area (Å²) in [6, 6.07) is 12.4. The monoisotopic (exact) mass is 350 g/mol. The molecule has 1 aromatic carbocycles. The van der Waals surface area contributed by atoms with Crippen LogP contribution >= 0.6 is 0 Å². The Morgan fingerprint density at radius 3 is 2.81 bits per heavy atom. The van der Waals surface area contributed by atoms with E-state index in [1.807, 2.05) is 36.0 Å². The van der Waals surface area contributed by atoms with E-state index in [1.54, 1.807) is 6.33 Å². The topological polar surface area (TPSA) is 60.2 Å². The first kappa shape index (κ1) is 16.7. The van der Waals surface area contributed by atoms with Crippen molar-refractivity contribution in [2.24, 2.45) is 13.0 Å². The van der Waals surface area contributed by atoms with Crippen LogP contribution in [0.4, 0.5) is 0 Å². The van der Waals surface area contributed by atoms with Gasteiger partial charge in [-0.1, -0.05) is 30.3 Å². The highest BCUT2D eigenvalue weighted by atomic mass is 16.5. The zero-order valence-electron chi connectivity index (χ0n) is 15.0. The van der Waals surface area contributed by atoms with Gasteiger partial charge in [0.2, 0.25) is 0 Å². The minimum atomic E-state index is -0.188. The van der Waals surface area contributed by atoms with Gasteiger partial charge >= 0.3 is 5.97 Å². The van der Waals surface area contributed by atoms with Crippen molar-refractivity contribution in [2.45, 2.75) is 12.5 Å². The summed E-state index contributed by atoms with van der Waals surface area (Å²) in [4.78, 5) is 23.6. The maximum Gasteiger partial charge on any atom is 0.310 e. The van der Waals surface area contributed by atoms with Gasteiger partial charge in [0.1, 0.15) is 5.52 Å². The number of likely N-dealkylation sites (tertiary alicyclic amines) is 1. The molecular weight excluding hydrogens is 328 g/mol. The van der Waals surface area contributed by atoms with E-state index in [0.29, 0.717) is 6.54 Å². The molecule has 2 aromatic heterocycles. The maximum absolute atomic E-state index is 12.4. The van der Waals surface area contributed by atoms with Crippen LogP contribution in [0.3, 0.4) is 0 Å². The number of ether oxygens (including phenoxy) is 1. The first-order chi connectivity index (χ1) is 12.7. The lowest BCUT2D eigenvalue weighted by molar-refractivity contribution is -0.145. The Kier molecular flexibility index (Phi) is 4.42. The number of methoxy groups -OCH3 is 1. The highest BCUT2D eigenvalue weighted by Gasteiger charge is 2.39. The number of carbonyl (C=O) groups excluding carboxylic acids is 1. The van der Waals surface area contributed by atoms with Crippen LogP contribution in [0.25, 0.3) is 11.2 Å². The Balaban J connectivity index is 1.61. The predicted octanol–water partition coefficient (Wildman–Crippen LogP) is 2.36. The van der Waals surface area contributed by atoms with Gasteiger partial charge in [-0.05, 0) is 17.2 Å². The molecule has 6 nitrogen and oxygen atoms in total. The lowest BCUT2D eigenvalue weighted by atomic mass is 9.90. The quantitative estimate of drug-likeness (QED) is 0.676. The zero-order chi connectivity index (χ0) is 18.1. The second-order valence-electron chi connectivity index (χ2n) is 6.88. The van der Waals surface area contributed by atoms with Crippen molar-refractivity contribution < 1.29 is 9.53 Å². The average Bonchev–Trinajstić information content (AvgIpc) is 3.25. The standard InChI is InChI=1S/C20H22N4O2/c1-23-13-22-18-8-15(9-21-19(18)23)16-11-24(12-17(16)20(25)26-2)10-14-6-4-3-5-7-14/h3-9,13,16-17H,10-12H2,1-2H3/t16-,17+/m1/s1. The fourth-order valence-corrected chi connectivity index (χ4v) is 3.82. The molecule has 0 radical (unpaired) electrons. The van der Waals surface area contributed by atoms with Crippen LogP contribution < -0.4 is 0 Å². The zero-order valence-corrected chi connectivity index (χ0v) is 15.0. The third-order valence-electron chi connectivity index (χ3n) is 5.15. The van der Waals surface area contributed by atoms with Crippen LogP contribution in [0.5, 0.6) is 0 Å². The fraction of sp³-hybridized carbons (Fsp3) is 0.350. The van der Waals surface area contributed by atoms with Crippen LogP contribution in [0, 0.1) is 5.92 Å². The van der Waals surface area contributed by atoms with Gasteiger partial charge in [-0.3, -0.25) is 9.69 Å². The second kappa shape index (κ2) is 6.88. The van der Waals surface area contributed by atoms with Gasteiger partial charge in [0.25, 0.3) is 0 Å². The first-order valence-corrected chi connectivity index (χ1v) is 8.77. The molecule has 0 spiro atoms. The lowest BCUT2D eigenvalue weighted by Gasteiger charge is -2.16. The number of aryl methyl sites for hydroxylation is 1.